The first-order chi connectivity index (χ1) is 13.5. The van der Waals surface area contributed by atoms with Crippen LogP contribution in [0.5, 0.6) is 0 Å². The van der Waals surface area contributed by atoms with Crippen molar-refractivity contribution in [1.29, 1.82) is 0 Å². The third-order valence-corrected chi connectivity index (χ3v) is 5.63. The first-order valence-electron chi connectivity index (χ1n) is 8.72. The van der Waals surface area contributed by atoms with Crippen molar-refractivity contribution in [3.63, 3.8) is 0 Å². The molecule has 3 heterocycles. The molecule has 0 unspecified atom stereocenters. The summed E-state index contributed by atoms with van der Waals surface area (Å²) in [7, 11) is 0. The van der Waals surface area contributed by atoms with Gasteiger partial charge >= 0.3 is 0 Å². The molecule has 5 nitrogen and oxygen atoms in total. The van der Waals surface area contributed by atoms with Crippen molar-refractivity contribution in [3.8, 4) is 18.0 Å². The van der Waals surface area contributed by atoms with Crippen molar-refractivity contribution in [2.75, 3.05) is 6.54 Å². The lowest BCUT2D eigenvalue weighted by Gasteiger charge is -2.10. The van der Waals surface area contributed by atoms with Crippen LogP contribution in [0.1, 0.15) is 17.0 Å². The number of terminal acetylenes is 1. The lowest BCUT2D eigenvalue weighted by Crippen LogP contribution is -2.28. The summed E-state index contributed by atoms with van der Waals surface area (Å²) in [5, 5.41) is 0.731. The summed E-state index contributed by atoms with van der Waals surface area (Å²) in [4.78, 5) is 30.3. The van der Waals surface area contributed by atoms with Gasteiger partial charge in [0.05, 0.1) is 17.0 Å². The van der Waals surface area contributed by atoms with Crippen LogP contribution in [0, 0.1) is 26.2 Å². The average molecular weight is 387 g/mol. The van der Waals surface area contributed by atoms with Gasteiger partial charge in [0.1, 0.15) is 0 Å². The van der Waals surface area contributed by atoms with Gasteiger partial charge in [-0.3, -0.25) is 19.5 Å². The van der Waals surface area contributed by atoms with Crippen molar-refractivity contribution in [2.45, 2.75) is 13.8 Å². The number of pyridine rings is 1. The van der Waals surface area contributed by atoms with Crippen LogP contribution >= 0.6 is 11.8 Å². The molecule has 2 aromatic heterocycles. The second-order valence-corrected chi connectivity index (χ2v) is 7.51. The molecule has 0 radical (unpaired) electrons. The van der Waals surface area contributed by atoms with Crippen molar-refractivity contribution in [2.24, 2.45) is 0 Å². The van der Waals surface area contributed by atoms with Gasteiger partial charge in [0.15, 0.2) is 0 Å². The minimum Gasteiger partial charge on any atom is -0.318 e. The Labute approximate surface area is 167 Å². The summed E-state index contributed by atoms with van der Waals surface area (Å²) in [5.74, 6) is 2.01. The van der Waals surface area contributed by atoms with E-state index in [-0.39, 0.29) is 17.7 Å². The molecule has 0 N–H and O–H groups in total. The Bertz CT molecular complexity index is 1200. The predicted molar refractivity (Wildman–Crippen MR) is 112 cm³/mol. The molecule has 28 heavy (non-hydrogen) atoms. The molecule has 1 aliphatic rings. The van der Waals surface area contributed by atoms with E-state index >= 15 is 0 Å². The van der Waals surface area contributed by atoms with Gasteiger partial charge in [0.25, 0.3) is 11.1 Å². The van der Waals surface area contributed by atoms with Crippen LogP contribution in [0.4, 0.5) is 4.79 Å². The van der Waals surface area contributed by atoms with Gasteiger partial charge in [0.2, 0.25) is 0 Å². The molecular weight excluding hydrogens is 370 g/mol. The summed E-state index contributed by atoms with van der Waals surface area (Å²) < 4.78 is 2.13. The lowest BCUT2D eigenvalue weighted by atomic mass is 10.2. The molecule has 0 atom stereocenters. The van der Waals surface area contributed by atoms with E-state index in [0.717, 1.165) is 50.2 Å². The average Bonchev–Trinajstić information content (AvgIpc) is 3.11. The predicted octanol–water partition coefficient (Wildman–Crippen LogP) is 4.31. The van der Waals surface area contributed by atoms with Crippen LogP contribution in [-0.2, 0) is 4.79 Å². The standard InChI is InChI=1S/C22H17N3O2S/c1-4-10-24-21(26)20(28-22(24)27)13-17-11-14(2)25(15(17)3)18-7-8-19-16(12-18)6-5-9-23-19/h1,5-9,11-13H,10H2,2-3H3/b20-13+. The summed E-state index contributed by atoms with van der Waals surface area (Å²) in [6.45, 7) is 4.01. The van der Waals surface area contributed by atoms with E-state index in [1.54, 1.807) is 12.3 Å². The molecule has 0 aliphatic carbocycles. The Morgan fingerprint density at radius 1 is 1.21 bits per heavy atom. The minimum atomic E-state index is -0.338. The van der Waals surface area contributed by atoms with Gasteiger partial charge in [-0.05, 0) is 67.6 Å². The largest absolute Gasteiger partial charge is 0.318 e. The molecule has 4 rings (SSSR count). The fraction of sp³-hybridized carbons (Fsp3) is 0.136. The van der Waals surface area contributed by atoms with Crippen LogP contribution in [0.15, 0.2) is 47.5 Å². The van der Waals surface area contributed by atoms with Crippen molar-refractivity contribution in [3.05, 3.63) is 64.5 Å². The minimum absolute atomic E-state index is 0.00778. The molecule has 2 amide bonds. The zero-order valence-corrected chi connectivity index (χ0v) is 16.3. The lowest BCUT2D eigenvalue weighted by molar-refractivity contribution is -0.122. The summed E-state index contributed by atoms with van der Waals surface area (Å²) in [6.07, 6.45) is 8.79. The number of aromatic nitrogens is 2. The second kappa shape index (κ2) is 7.02. The maximum atomic E-state index is 12.4. The highest BCUT2D eigenvalue weighted by Gasteiger charge is 2.34. The Morgan fingerprint density at radius 3 is 2.82 bits per heavy atom. The monoisotopic (exact) mass is 387 g/mol. The fourth-order valence-corrected chi connectivity index (χ4v) is 4.23. The van der Waals surface area contributed by atoms with Crippen molar-refractivity contribution < 1.29 is 9.59 Å². The number of nitrogens with zero attached hydrogens (tertiary/aromatic N) is 3. The molecule has 138 valence electrons. The summed E-state index contributed by atoms with van der Waals surface area (Å²) >= 11 is 0.924. The zero-order valence-electron chi connectivity index (χ0n) is 15.5. The number of carbonyl (C=O) groups excluding carboxylic acids is 2. The van der Waals surface area contributed by atoms with E-state index in [4.69, 9.17) is 6.42 Å². The molecule has 6 heteroatoms. The number of hydrogen-bond acceptors (Lipinski definition) is 4. The van der Waals surface area contributed by atoms with Crippen LogP contribution < -0.4 is 0 Å². The molecule has 1 fully saturated rings. The maximum Gasteiger partial charge on any atom is 0.294 e. The first-order valence-corrected chi connectivity index (χ1v) is 9.54. The molecule has 1 aromatic carbocycles. The smallest absolute Gasteiger partial charge is 0.294 e. The zero-order chi connectivity index (χ0) is 19.8. The third kappa shape index (κ3) is 3.00. The number of thioether (sulfide) groups is 1. The normalized spacial score (nSPS) is 15.6. The Kier molecular flexibility index (Phi) is 4.54. The molecule has 0 saturated carbocycles. The number of aryl methyl sites for hydroxylation is 1. The molecule has 0 bridgehead atoms. The van der Waals surface area contributed by atoms with Crippen LogP contribution in [-0.4, -0.2) is 32.1 Å². The van der Waals surface area contributed by atoms with Gasteiger partial charge in [-0.25, -0.2) is 0 Å². The Hall–Kier alpha value is -3.30. The summed E-state index contributed by atoms with van der Waals surface area (Å²) in [5.41, 5.74) is 4.89. The number of carbonyl (C=O) groups is 2. The van der Waals surface area contributed by atoms with Gasteiger partial charge < -0.3 is 4.57 Å². The van der Waals surface area contributed by atoms with Gasteiger partial charge in [-0.15, -0.1) is 6.42 Å². The summed E-state index contributed by atoms with van der Waals surface area (Å²) in [6, 6.07) is 12.1. The SMILES string of the molecule is C#CCN1C(=O)S/C(=C/c2cc(C)n(-c3ccc4ncccc4c3)c2C)C1=O. The highest BCUT2D eigenvalue weighted by atomic mass is 32.2. The number of amides is 2. The Balaban J connectivity index is 1.75. The van der Waals surface area contributed by atoms with Crippen LogP contribution in [0.25, 0.3) is 22.7 Å². The van der Waals surface area contributed by atoms with E-state index < -0.39 is 0 Å². The van der Waals surface area contributed by atoms with Crippen LogP contribution in [0.2, 0.25) is 0 Å². The van der Waals surface area contributed by atoms with E-state index in [2.05, 4.69) is 21.5 Å². The number of hydrogen-bond donors (Lipinski definition) is 0. The number of benzene rings is 1. The van der Waals surface area contributed by atoms with Gasteiger partial charge in [0, 0.05) is 28.7 Å². The van der Waals surface area contributed by atoms with E-state index in [1.807, 2.05) is 44.2 Å². The van der Waals surface area contributed by atoms with E-state index in [9.17, 15) is 9.59 Å². The van der Waals surface area contributed by atoms with Gasteiger partial charge in [-0.1, -0.05) is 12.0 Å². The molecular formula is C22H17N3O2S. The van der Waals surface area contributed by atoms with E-state index in [1.165, 1.54) is 0 Å². The van der Waals surface area contributed by atoms with Gasteiger partial charge in [-0.2, -0.15) is 0 Å². The molecule has 1 saturated heterocycles. The van der Waals surface area contributed by atoms with Crippen molar-refractivity contribution in [1.82, 2.24) is 14.5 Å². The number of imide groups is 1. The van der Waals surface area contributed by atoms with Crippen LogP contribution in [0.3, 0.4) is 0 Å². The second-order valence-electron chi connectivity index (χ2n) is 6.51. The number of rotatable bonds is 3. The van der Waals surface area contributed by atoms with E-state index in [0.29, 0.717) is 4.91 Å². The first kappa shape index (κ1) is 18.1. The maximum absolute atomic E-state index is 12.4. The third-order valence-electron chi connectivity index (χ3n) is 4.72. The topological polar surface area (TPSA) is 55.2 Å². The Morgan fingerprint density at radius 2 is 2.04 bits per heavy atom. The highest BCUT2D eigenvalue weighted by molar-refractivity contribution is 8.18. The fourth-order valence-electron chi connectivity index (χ4n) is 3.40. The van der Waals surface area contributed by atoms with Crippen molar-refractivity contribution >= 4 is 39.9 Å². The molecule has 1 aliphatic heterocycles. The highest BCUT2D eigenvalue weighted by Crippen LogP contribution is 2.33. The number of fused-ring (bicyclic) bond motifs is 1. The molecule has 3 aromatic rings. The molecule has 0 spiro atoms. The quantitative estimate of drug-likeness (QED) is 0.496.